The molecule has 1 aromatic carbocycles. The lowest BCUT2D eigenvalue weighted by molar-refractivity contribution is -0.117. The Balaban J connectivity index is 1.27. The van der Waals surface area contributed by atoms with Gasteiger partial charge in [-0.2, -0.15) is 0 Å². The third-order valence-corrected chi connectivity index (χ3v) is 8.84. The maximum absolute atomic E-state index is 12.7. The Bertz CT molecular complexity index is 818. The first kappa shape index (κ1) is 21.3. The number of halogens is 1. The second-order valence-electron chi connectivity index (χ2n) is 10.6. The van der Waals surface area contributed by atoms with E-state index in [1.165, 1.54) is 43.7 Å². The number of hydrogen-bond acceptors (Lipinski definition) is 3. The van der Waals surface area contributed by atoms with Crippen LogP contribution in [0.4, 0.5) is 10.1 Å². The summed E-state index contributed by atoms with van der Waals surface area (Å²) in [5, 5.41) is 4.15. The van der Waals surface area contributed by atoms with Crippen LogP contribution in [-0.4, -0.2) is 39.4 Å². The zero-order chi connectivity index (χ0) is 21.6. The molecular weight excluding hydrogens is 409 g/mol. The minimum absolute atomic E-state index is 0.0142. The lowest BCUT2D eigenvalue weighted by Gasteiger charge is -2.55. The zero-order valence-corrected chi connectivity index (χ0v) is 19.5. The third kappa shape index (κ3) is 4.37. The summed E-state index contributed by atoms with van der Waals surface area (Å²) < 4.78 is 12.7. The van der Waals surface area contributed by atoms with Crippen LogP contribution in [0.3, 0.4) is 0 Å². The highest BCUT2D eigenvalue weighted by Gasteiger charge is 2.51. The number of nitrogens with zero attached hydrogens (tertiary/aromatic N) is 2. The van der Waals surface area contributed by atoms with Gasteiger partial charge < -0.3 is 10.2 Å². The van der Waals surface area contributed by atoms with E-state index in [2.05, 4.69) is 24.1 Å². The van der Waals surface area contributed by atoms with E-state index in [4.69, 9.17) is 4.99 Å². The Morgan fingerprint density at radius 2 is 1.77 bits per heavy atom. The Kier molecular flexibility index (Phi) is 5.78. The maximum atomic E-state index is 12.7. The fourth-order valence-electron chi connectivity index (χ4n) is 6.88. The molecule has 0 radical (unpaired) electrons. The molecule has 1 N–H and O–H groups in total. The topological polar surface area (TPSA) is 44.7 Å². The summed E-state index contributed by atoms with van der Waals surface area (Å²) in [5.74, 6) is 3.59. The van der Waals surface area contributed by atoms with Crippen LogP contribution in [0, 0.1) is 17.8 Å². The molecule has 4 bridgehead atoms. The van der Waals surface area contributed by atoms with Crippen LogP contribution in [-0.2, 0) is 11.5 Å². The van der Waals surface area contributed by atoms with E-state index in [9.17, 15) is 9.18 Å². The molecule has 4 aliphatic carbocycles. The molecule has 4 nitrogen and oxygen atoms in total. The smallest absolute Gasteiger partial charge is 0.226 e. The van der Waals surface area contributed by atoms with Crippen LogP contribution < -0.4 is 5.32 Å². The normalized spacial score (nSPS) is 35.4. The van der Waals surface area contributed by atoms with Gasteiger partial charge in [-0.1, -0.05) is 23.9 Å². The highest BCUT2D eigenvalue weighted by Crippen LogP contribution is 2.57. The number of benzene rings is 1. The van der Waals surface area contributed by atoms with Gasteiger partial charge in [0.1, 0.15) is 6.67 Å². The first-order chi connectivity index (χ1) is 14.9. The molecule has 0 spiro atoms. The number of alkyl halides is 1. The fraction of sp³-hybridized carbons (Fsp3) is 0.680. The second-order valence-corrected chi connectivity index (χ2v) is 11.6. The highest BCUT2D eigenvalue weighted by atomic mass is 32.2. The van der Waals surface area contributed by atoms with Gasteiger partial charge in [-0.25, -0.2) is 4.39 Å². The van der Waals surface area contributed by atoms with Crippen molar-refractivity contribution in [1.29, 1.82) is 0 Å². The molecular formula is C25H34FN3OS. The number of amidine groups is 1. The van der Waals surface area contributed by atoms with Crippen LogP contribution in [0.1, 0.15) is 64.4 Å². The van der Waals surface area contributed by atoms with Crippen molar-refractivity contribution >= 4 is 28.5 Å². The van der Waals surface area contributed by atoms with Crippen molar-refractivity contribution in [2.24, 2.45) is 22.7 Å². The van der Waals surface area contributed by atoms with E-state index in [-0.39, 0.29) is 17.5 Å². The number of aliphatic imine (C=N–C) groups is 1. The first-order valence-electron chi connectivity index (χ1n) is 11.9. The SMILES string of the molecule is CC(C)N1C(=NC23CC4CC(CC(C4)C2)C3)SCC1CC(=O)Nc1ccc(CF)cc1. The number of nitrogens with one attached hydrogen (secondary N) is 1. The summed E-state index contributed by atoms with van der Waals surface area (Å²) in [7, 11) is 0. The molecule has 5 fully saturated rings. The Morgan fingerprint density at radius 3 is 2.32 bits per heavy atom. The second kappa shape index (κ2) is 8.42. The van der Waals surface area contributed by atoms with Crippen LogP contribution in [0.5, 0.6) is 0 Å². The quantitative estimate of drug-likeness (QED) is 0.619. The third-order valence-electron chi connectivity index (χ3n) is 7.73. The summed E-state index contributed by atoms with van der Waals surface area (Å²) in [6.07, 6.45) is 8.57. The number of anilines is 1. The van der Waals surface area contributed by atoms with Crippen LogP contribution >= 0.6 is 11.8 Å². The molecule has 1 aliphatic heterocycles. The molecule has 6 heteroatoms. The number of carbonyl (C=O) groups is 1. The lowest BCUT2D eigenvalue weighted by atomic mass is 9.53. The molecule has 1 saturated heterocycles. The van der Waals surface area contributed by atoms with E-state index in [1.54, 1.807) is 24.3 Å². The van der Waals surface area contributed by atoms with Gasteiger partial charge in [0.25, 0.3) is 0 Å². The first-order valence-corrected chi connectivity index (χ1v) is 12.9. The van der Waals surface area contributed by atoms with E-state index in [1.807, 2.05) is 11.8 Å². The fourth-order valence-corrected chi connectivity index (χ4v) is 8.27. The molecule has 168 valence electrons. The Morgan fingerprint density at radius 1 is 1.16 bits per heavy atom. The Labute approximate surface area is 189 Å². The summed E-state index contributed by atoms with van der Waals surface area (Å²) in [4.78, 5) is 20.6. The van der Waals surface area contributed by atoms with Crippen LogP contribution in [0.25, 0.3) is 0 Å². The molecule has 31 heavy (non-hydrogen) atoms. The average Bonchev–Trinajstić information content (AvgIpc) is 3.08. The predicted molar refractivity (Wildman–Crippen MR) is 126 cm³/mol. The predicted octanol–water partition coefficient (Wildman–Crippen LogP) is 5.64. The summed E-state index contributed by atoms with van der Waals surface area (Å²) >= 11 is 1.84. The molecule has 5 aliphatic rings. The standard InChI is InChI=1S/C25H34FN3OS/c1-16(2)29-22(10-23(30)27-21-5-3-17(14-26)4-6-21)15-31-24(29)28-25-11-18-7-19(12-25)9-20(8-18)13-25/h3-6,16,18-20,22H,7-15H2,1-2H3,(H,27,30). The van der Waals surface area contributed by atoms with E-state index in [0.29, 0.717) is 18.0 Å². The minimum Gasteiger partial charge on any atom is -0.345 e. The summed E-state index contributed by atoms with van der Waals surface area (Å²) in [5.41, 5.74) is 1.52. The van der Waals surface area contributed by atoms with Crippen molar-refractivity contribution in [3.8, 4) is 0 Å². The minimum atomic E-state index is -0.483. The van der Waals surface area contributed by atoms with Crippen LogP contribution in [0.2, 0.25) is 0 Å². The number of hydrogen-bond donors (Lipinski definition) is 1. The molecule has 1 heterocycles. The molecule has 6 rings (SSSR count). The zero-order valence-electron chi connectivity index (χ0n) is 18.6. The van der Waals surface area contributed by atoms with Gasteiger partial charge >= 0.3 is 0 Å². The van der Waals surface area contributed by atoms with Gasteiger partial charge in [0.2, 0.25) is 5.91 Å². The summed E-state index contributed by atoms with van der Waals surface area (Å²) in [6, 6.07) is 7.48. The van der Waals surface area contributed by atoms with Crippen molar-refractivity contribution in [1.82, 2.24) is 4.90 Å². The number of carbonyl (C=O) groups excluding carboxylic acids is 1. The number of rotatable bonds is 6. The lowest BCUT2D eigenvalue weighted by Crippen LogP contribution is -2.50. The van der Waals surface area contributed by atoms with E-state index >= 15 is 0 Å². The monoisotopic (exact) mass is 443 g/mol. The van der Waals surface area contributed by atoms with Crippen molar-refractivity contribution < 1.29 is 9.18 Å². The van der Waals surface area contributed by atoms with E-state index in [0.717, 1.165) is 29.2 Å². The number of amides is 1. The van der Waals surface area contributed by atoms with Gasteiger partial charge in [-0.3, -0.25) is 9.79 Å². The highest BCUT2D eigenvalue weighted by molar-refractivity contribution is 8.14. The largest absolute Gasteiger partial charge is 0.345 e. The Hall–Kier alpha value is -1.56. The molecule has 0 aromatic heterocycles. The van der Waals surface area contributed by atoms with Crippen molar-refractivity contribution in [3.05, 3.63) is 29.8 Å². The average molecular weight is 444 g/mol. The van der Waals surface area contributed by atoms with Gasteiger partial charge in [0, 0.05) is 29.9 Å². The number of thioether (sulfide) groups is 1. The van der Waals surface area contributed by atoms with Crippen molar-refractivity contribution in [3.63, 3.8) is 0 Å². The molecule has 1 atom stereocenters. The van der Waals surface area contributed by atoms with Gasteiger partial charge in [-0.05, 0) is 87.8 Å². The van der Waals surface area contributed by atoms with Gasteiger partial charge in [0.15, 0.2) is 5.17 Å². The van der Waals surface area contributed by atoms with Crippen LogP contribution in [0.15, 0.2) is 29.3 Å². The molecule has 4 saturated carbocycles. The summed E-state index contributed by atoms with van der Waals surface area (Å²) in [6.45, 7) is 3.94. The molecule has 1 unspecified atom stereocenters. The van der Waals surface area contributed by atoms with Crippen molar-refractivity contribution in [2.45, 2.75) is 83.1 Å². The van der Waals surface area contributed by atoms with Gasteiger partial charge in [0.05, 0.1) is 5.54 Å². The maximum Gasteiger partial charge on any atom is 0.226 e. The van der Waals surface area contributed by atoms with Gasteiger partial charge in [-0.15, -0.1) is 0 Å². The van der Waals surface area contributed by atoms with Crippen molar-refractivity contribution in [2.75, 3.05) is 11.1 Å². The molecule has 1 aromatic rings. The molecule has 1 amide bonds. The van der Waals surface area contributed by atoms with E-state index < -0.39 is 6.67 Å².